The molecule has 0 unspecified atom stereocenters. The smallest absolute Gasteiger partial charge is 0.0831 e. The number of hydrogen-bond acceptors (Lipinski definition) is 2. The van der Waals surface area contributed by atoms with E-state index in [4.69, 9.17) is 4.74 Å². The molecule has 0 fully saturated rings. The van der Waals surface area contributed by atoms with E-state index in [2.05, 4.69) is 0 Å². The third kappa shape index (κ3) is 0.976. The lowest BCUT2D eigenvalue weighted by atomic mass is 9.86. The first-order valence-corrected chi connectivity index (χ1v) is 3.48. The highest BCUT2D eigenvalue weighted by molar-refractivity contribution is 5.13. The zero-order valence-corrected chi connectivity index (χ0v) is 6.66. The van der Waals surface area contributed by atoms with Crippen LogP contribution in [-0.2, 0) is 4.74 Å². The number of ether oxygens (including phenoxy) is 1. The normalized spacial score (nSPS) is 36.8. The van der Waals surface area contributed by atoms with Crippen LogP contribution in [-0.4, -0.2) is 24.4 Å². The molecule has 1 aliphatic carbocycles. The Morgan fingerprint density at radius 2 is 2.00 bits per heavy atom. The first kappa shape index (κ1) is 7.76. The van der Waals surface area contributed by atoms with Gasteiger partial charge in [0.15, 0.2) is 0 Å². The maximum atomic E-state index is 9.39. The van der Waals surface area contributed by atoms with Crippen LogP contribution in [0.4, 0.5) is 0 Å². The number of hydrogen-bond donors (Lipinski definition) is 1. The minimum Gasteiger partial charge on any atom is -0.388 e. The molecule has 0 saturated heterocycles. The van der Waals surface area contributed by atoms with Crippen molar-refractivity contribution in [3.05, 3.63) is 12.2 Å². The van der Waals surface area contributed by atoms with Gasteiger partial charge in [-0.3, -0.25) is 0 Å². The molecule has 0 aromatic rings. The van der Waals surface area contributed by atoms with Gasteiger partial charge in [-0.15, -0.1) is 0 Å². The van der Waals surface area contributed by atoms with Crippen molar-refractivity contribution in [3.8, 4) is 0 Å². The summed E-state index contributed by atoms with van der Waals surface area (Å²) in [7, 11) is 1.66. The van der Waals surface area contributed by atoms with Gasteiger partial charge in [-0.05, 0) is 0 Å². The van der Waals surface area contributed by atoms with E-state index in [-0.39, 0.29) is 17.6 Å². The molecule has 1 aliphatic rings. The quantitative estimate of drug-likeness (QED) is 0.552. The lowest BCUT2D eigenvalue weighted by molar-refractivity contribution is -0.00836. The fourth-order valence-electron chi connectivity index (χ4n) is 1.25. The summed E-state index contributed by atoms with van der Waals surface area (Å²) < 4.78 is 5.15. The molecular weight excluding hydrogens is 128 g/mol. The Morgan fingerprint density at radius 1 is 1.40 bits per heavy atom. The predicted octanol–water partition coefficient (Wildman–Crippen LogP) is 0.958. The Morgan fingerprint density at radius 3 is 2.20 bits per heavy atom. The van der Waals surface area contributed by atoms with Gasteiger partial charge in [-0.1, -0.05) is 26.0 Å². The summed E-state index contributed by atoms with van der Waals surface area (Å²) in [6, 6.07) is 0. The minimum absolute atomic E-state index is 0.0579. The molecule has 0 amide bonds. The molecule has 0 aromatic heterocycles. The molecule has 0 spiro atoms. The summed E-state index contributed by atoms with van der Waals surface area (Å²) in [6.07, 6.45) is 3.39. The number of methoxy groups -OCH3 is 1. The Kier molecular flexibility index (Phi) is 1.84. The van der Waals surface area contributed by atoms with Crippen molar-refractivity contribution >= 4 is 0 Å². The highest BCUT2D eigenvalue weighted by Crippen LogP contribution is 2.34. The van der Waals surface area contributed by atoms with Crippen LogP contribution in [0, 0.1) is 5.41 Å². The molecule has 0 radical (unpaired) electrons. The fourth-order valence-corrected chi connectivity index (χ4v) is 1.25. The Labute approximate surface area is 61.5 Å². The zero-order valence-electron chi connectivity index (χ0n) is 6.66. The van der Waals surface area contributed by atoms with E-state index in [1.807, 2.05) is 19.9 Å². The zero-order chi connectivity index (χ0) is 7.78. The second-order valence-electron chi connectivity index (χ2n) is 3.31. The maximum Gasteiger partial charge on any atom is 0.0831 e. The average molecular weight is 142 g/mol. The Hall–Kier alpha value is -0.340. The largest absolute Gasteiger partial charge is 0.388 e. The van der Waals surface area contributed by atoms with Gasteiger partial charge in [0.2, 0.25) is 0 Å². The first-order chi connectivity index (χ1) is 4.59. The second kappa shape index (κ2) is 2.36. The summed E-state index contributed by atoms with van der Waals surface area (Å²) in [5.74, 6) is 0. The van der Waals surface area contributed by atoms with Crippen LogP contribution >= 0.6 is 0 Å². The van der Waals surface area contributed by atoms with Crippen LogP contribution in [0.15, 0.2) is 12.2 Å². The van der Waals surface area contributed by atoms with Crippen molar-refractivity contribution in [1.29, 1.82) is 0 Å². The second-order valence-corrected chi connectivity index (χ2v) is 3.31. The number of aliphatic hydroxyl groups excluding tert-OH is 1. The molecule has 0 bridgehead atoms. The van der Waals surface area contributed by atoms with Crippen molar-refractivity contribution in [2.75, 3.05) is 7.11 Å². The van der Waals surface area contributed by atoms with Gasteiger partial charge in [-0.25, -0.2) is 0 Å². The van der Waals surface area contributed by atoms with Crippen LogP contribution in [0.25, 0.3) is 0 Å². The number of rotatable bonds is 1. The molecule has 2 nitrogen and oxygen atoms in total. The molecule has 0 aliphatic heterocycles. The van der Waals surface area contributed by atoms with Crippen LogP contribution in [0.3, 0.4) is 0 Å². The SMILES string of the molecule is CO[C@H]1C=C[C@@H](O)C1(C)C. The number of aliphatic hydroxyl groups is 1. The molecule has 1 N–H and O–H groups in total. The van der Waals surface area contributed by atoms with Gasteiger partial charge in [0.1, 0.15) is 0 Å². The van der Waals surface area contributed by atoms with E-state index in [0.29, 0.717) is 0 Å². The monoisotopic (exact) mass is 142 g/mol. The Balaban J connectivity index is 2.72. The Bertz CT molecular complexity index is 149. The van der Waals surface area contributed by atoms with Crippen LogP contribution in [0.2, 0.25) is 0 Å². The topological polar surface area (TPSA) is 29.5 Å². The molecule has 0 aromatic carbocycles. The van der Waals surface area contributed by atoms with Crippen LogP contribution < -0.4 is 0 Å². The molecule has 0 saturated carbocycles. The van der Waals surface area contributed by atoms with Crippen LogP contribution in [0.5, 0.6) is 0 Å². The molecule has 58 valence electrons. The molecule has 1 rings (SSSR count). The lowest BCUT2D eigenvalue weighted by Gasteiger charge is -2.28. The molecule has 2 atom stereocenters. The summed E-state index contributed by atoms with van der Waals surface area (Å²) in [5, 5.41) is 9.39. The van der Waals surface area contributed by atoms with Gasteiger partial charge in [0.05, 0.1) is 12.2 Å². The van der Waals surface area contributed by atoms with Gasteiger partial charge in [0, 0.05) is 12.5 Å². The highest BCUT2D eigenvalue weighted by Gasteiger charge is 2.38. The van der Waals surface area contributed by atoms with Gasteiger partial charge in [0.25, 0.3) is 0 Å². The van der Waals surface area contributed by atoms with Crippen molar-refractivity contribution in [1.82, 2.24) is 0 Å². The van der Waals surface area contributed by atoms with E-state index in [0.717, 1.165) is 0 Å². The summed E-state index contributed by atoms with van der Waals surface area (Å²) in [4.78, 5) is 0. The van der Waals surface area contributed by atoms with E-state index in [9.17, 15) is 5.11 Å². The summed E-state index contributed by atoms with van der Waals surface area (Å²) in [5.41, 5.74) is -0.158. The van der Waals surface area contributed by atoms with Crippen molar-refractivity contribution < 1.29 is 9.84 Å². The van der Waals surface area contributed by atoms with E-state index >= 15 is 0 Å². The van der Waals surface area contributed by atoms with Gasteiger partial charge < -0.3 is 9.84 Å². The molecular formula is C8H14O2. The van der Waals surface area contributed by atoms with E-state index in [1.54, 1.807) is 13.2 Å². The van der Waals surface area contributed by atoms with Crippen molar-refractivity contribution in [3.63, 3.8) is 0 Å². The standard InChI is InChI=1S/C8H14O2/c1-8(2)6(9)4-5-7(8)10-3/h4-7,9H,1-3H3/t6-,7+/m1/s1. The first-order valence-electron chi connectivity index (χ1n) is 3.48. The van der Waals surface area contributed by atoms with Gasteiger partial charge in [-0.2, -0.15) is 0 Å². The molecule has 0 heterocycles. The lowest BCUT2D eigenvalue weighted by Crippen LogP contribution is -2.34. The van der Waals surface area contributed by atoms with Crippen molar-refractivity contribution in [2.45, 2.75) is 26.1 Å². The van der Waals surface area contributed by atoms with E-state index < -0.39 is 0 Å². The maximum absolute atomic E-state index is 9.39. The summed E-state index contributed by atoms with van der Waals surface area (Å²) >= 11 is 0. The predicted molar refractivity (Wildman–Crippen MR) is 39.7 cm³/mol. The van der Waals surface area contributed by atoms with E-state index in [1.165, 1.54) is 0 Å². The molecule has 10 heavy (non-hydrogen) atoms. The van der Waals surface area contributed by atoms with Crippen molar-refractivity contribution in [2.24, 2.45) is 5.41 Å². The summed E-state index contributed by atoms with van der Waals surface area (Å²) in [6.45, 7) is 3.98. The minimum atomic E-state index is -0.363. The average Bonchev–Trinajstić information content (AvgIpc) is 2.10. The molecule has 2 heteroatoms. The van der Waals surface area contributed by atoms with Gasteiger partial charge >= 0.3 is 0 Å². The van der Waals surface area contributed by atoms with Crippen LogP contribution in [0.1, 0.15) is 13.8 Å². The fraction of sp³-hybridized carbons (Fsp3) is 0.750. The highest BCUT2D eigenvalue weighted by atomic mass is 16.5. The third-order valence-corrected chi connectivity index (χ3v) is 2.22. The third-order valence-electron chi connectivity index (χ3n) is 2.22.